The van der Waals surface area contributed by atoms with Gasteiger partial charge < -0.3 is 15.0 Å². The maximum Gasteiger partial charge on any atom is 0.338 e. The molecule has 2 aromatic heterocycles. The zero-order valence-electron chi connectivity index (χ0n) is 15.0. The van der Waals surface area contributed by atoms with Gasteiger partial charge in [-0.3, -0.25) is 4.79 Å². The number of aromatic nitrogens is 1. The zero-order valence-corrected chi connectivity index (χ0v) is 16.6. The van der Waals surface area contributed by atoms with Crippen LogP contribution in [0, 0.1) is 13.8 Å². The molecule has 0 saturated heterocycles. The number of benzene rings is 1. The van der Waals surface area contributed by atoms with Crippen LogP contribution in [0.15, 0.2) is 41.8 Å². The van der Waals surface area contributed by atoms with Crippen molar-refractivity contribution >= 4 is 40.4 Å². The number of ketones is 1. The Labute approximate surface area is 166 Å². The first-order chi connectivity index (χ1) is 12.9. The number of carbonyl (C=O) groups excluding carboxylic acids is 2. The highest BCUT2D eigenvalue weighted by Crippen LogP contribution is 2.21. The molecule has 3 aromatic rings. The van der Waals surface area contributed by atoms with Crippen molar-refractivity contribution in [3.63, 3.8) is 0 Å². The maximum atomic E-state index is 12.6. The Morgan fingerprint density at radius 1 is 1.22 bits per heavy atom. The molecule has 5 nitrogen and oxygen atoms in total. The van der Waals surface area contributed by atoms with E-state index >= 15 is 0 Å². The zero-order chi connectivity index (χ0) is 19.6. The van der Waals surface area contributed by atoms with Gasteiger partial charge in [0.1, 0.15) is 0 Å². The Kier molecular flexibility index (Phi) is 5.68. The molecule has 0 aliphatic heterocycles. The summed E-state index contributed by atoms with van der Waals surface area (Å²) >= 11 is 7.52. The third kappa shape index (κ3) is 4.23. The number of esters is 1. The molecule has 0 fully saturated rings. The molecule has 1 aromatic carbocycles. The van der Waals surface area contributed by atoms with Gasteiger partial charge in [0.05, 0.1) is 22.8 Å². The standard InChI is InChI=1S/C20H19ClN2O3S/c1-12-8-16(13(2)23(12)10-15-4-3-7-27-15)19(24)11-26-20(25)14-5-6-17(21)18(22)9-14/h3-9H,10-11,22H2,1-2H3. The molecule has 0 atom stereocenters. The molecule has 27 heavy (non-hydrogen) atoms. The van der Waals surface area contributed by atoms with E-state index in [1.165, 1.54) is 23.1 Å². The predicted molar refractivity (Wildman–Crippen MR) is 108 cm³/mol. The van der Waals surface area contributed by atoms with Crippen molar-refractivity contribution < 1.29 is 14.3 Å². The van der Waals surface area contributed by atoms with Crippen LogP contribution in [0.3, 0.4) is 0 Å². The monoisotopic (exact) mass is 402 g/mol. The number of hydrogen-bond acceptors (Lipinski definition) is 5. The lowest BCUT2D eigenvalue weighted by Crippen LogP contribution is -2.15. The van der Waals surface area contributed by atoms with Crippen LogP contribution < -0.4 is 5.73 Å². The number of halogens is 1. The van der Waals surface area contributed by atoms with Gasteiger partial charge >= 0.3 is 5.97 Å². The summed E-state index contributed by atoms with van der Waals surface area (Å²) in [5, 5.41) is 2.39. The summed E-state index contributed by atoms with van der Waals surface area (Å²) in [4.78, 5) is 25.9. The Hall–Kier alpha value is -2.57. The average Bonchev–Trinajstić information content (AvgIpc) is 3.25. The van der Waals surface area contributed by atoms with E-state index in [1.54, 1.807) is 11.3 Å². The summed E-state index contributed by atoms with van der Waals surface area (Å²) in [7, 11) is 0. The van der Waals surface area contributed by atoms with E-state index in [4.69, 9.17) is 22.1 Å². The molecular weight excluding hydrogens is 384 g/mol. The van der Waals surface area contributed by atoms with Crippen LogP contribution >= 0.6 is 22.9 Å². The number of Topliss-reactive ketones (excluding diaryl/α,β-unsaturated/α-hetero) is 1. The second-order valence-electron chi connectivity index (χ2n) is 6.19. The Morgan fingerprint density at radius 3 is 2.67 bits per heavy atom. The Morgan fingerprint density at radius 2 is 2.00 bits per heavy atom. The van der Waals surface area contributed by atoms with Gasteiger partial charge in [-0.05, 0) is 49.6 Å². The van der Waals surface area contributed by atoms with Crippen molar-refractivity contribution in [1.82, 2.24) is 4.57 Å². The van der Waals surface area contributed by atoms with Gasteiger partial charge in [0, 0.05) is 21.8 Å². The number of nitrogen functional groups attached to an aromatic ring is 1. The molecule has 7 heteroatoms. The number of anilines is 1. The number of hydrogen-bond donors (Lipinski definition) is 1. The van der Waals surface area contributed by atoms with E-state index in [9.17, 15) is 9.59 Å². The Bertz CT molecular complexity index is 993. The fraction of sp³-hybridized carbons (Fsp3) is 0.200. The summed E-state index contributed by atoms with van der Waals surface area (Å²) < 4.78 is 7.24. The van der Waals surface area contributed by atoms with Gasteiger partial charge in [-0.25, -0.2) is 4.79 Å². The normalized spacial score (nSPS) is 10.8. The van der Waals surface area contributed by atoms with Crippen LogP contribution in [0.1, 0.15) is 37.0 Å². The van der Waals surface area contributed by atoms with E-state index in [-0.39, 0.29) is 23.6 Å². The first kappa shape index (κ1) is 19.2. The van der Waals surface area contributed by atoms with Crippen LogP contribution in [0.4, 0.5) is 5.69 Å². The van der Waals surface area contributed by atoms with Crippen LogP contribution in [0.5, 0.6) is 0 Å². The van der Waals surface area contributed by atoms with E-state index in [0.29, 0.717) is 17.1 Å². The van der Waals surface area contributed by atoms with Gasteiger partial charge in [0.2, 0.25) is 5.78 Å². The van der Waals surface area contributed by atoms with E-state index < -0.39 is 5.97 Å². The maximum absolute atomic E-state index is 12.6. The molecule has 0 amide bonds. The third-order valence-electron chi connectivity index (χ3n) is 4.33. The molecule has 0 unspecified atom stereocenters. The van der Waals surface area contributed by atoms with Crippen molar-refractivity contribution in [3.05, 3.63) is 74.2 Å². The lowest BCUT2D eigenvalue weighted by molar-refractivity contribution is 0.0474. The van der Waals surface area contributed by atoms with Crippen LogP contribution in [0.2, 0.25) is 5.02 Å². The first-order valence-electron chi connectivity index (χ1n) is 8.31. The number of nitrogens with zero attached hydrogens (tertiary/aromatic N) is 1. The molecule has 0 aliphatic rings. The van der Waals surface area contributed by atoms with E-state index in [0.717, 1.165) is 11.4 Å². The average molecular weight is 403 g/mol. The summed E-state index contributed by atoms with van der Waals surface area (Å²) in [6, 6.07) is 10.4. The number of rotatable bonds is 6. The minimum absolute atomic E-state index is 0.240. The fourth-order valence-corrected chi connectivity index (χ4v) is 3.66. The molecule has 0 aliphatic carbocycles. The molecule has 0 saturated carbocycles. The number of carbonyl (C=O) groups is 2. The van der Waals surface area contributed by atoms with Gasteiger partial charge in [0.15, 0.2) is 6.61 Å². The van der Waals surface area contributed by atoms with Gasteiger partial charge in [-0.1, -0.05) is 17.7 Å². The smallest absolute Gasteiger partial charge is 0.338 e. The van der Waals surface area contributed by atoms with Crippen LogP contribution in [0.25, 0.3) is 0 Å². The SMILES string of the molecule is Cc1cc(C(=O)COC(=O)c2ccc(Cl)c(N)c2)c(C)n1Cc1cccs1. The van der Waals surface area contributed by atoms with Crippen molar-refractivity contribution in [1.29, 1.82) is 0 Å². The van der Waals surface area contributed by atoms with E-state index in [1.807, 2.05) is 31.4 Å². The van der Waals surface area contributed by atoms with Crippen molar-refractivity contribution in [3.8, 4) is 0 Å². The third-order valence-corrected chi connectivity index (χ3v) is 5.54. The summed E-state index contributed by atoms with van der Waals surface area (Å²) in [5.41, 5.74) is 8.64. The van der Waals surface area contributed by atoms with Crippen molar-refractivity contribution in [2.24, 2.45) is 0 Å². The second kappa shape index (κ2) is 7.98. The highest BCUT2D eigenvalue weighted by atomic mass is 35.5. The van der Waals surface area contributed by atoms with E-state index in [2.05, 4.69) is 10.6 Å². The molecule has 2 heterocycles. The van der Waals surface area contributed by atoms with Gasteiger partial charge in [-0.2, -0.15) is 0 Å². The highest BCUT2D eigenvalue weighted by molar-refractivity contribution is 7.09. The number of aryl methyl sites for hydroxylation is 1. The molecule has 2 N–H and O–H groups in total. The largest absolute Gasteiger partial charge is 0.454 e. The quantitative estimate of drug-likeness (QED) is 0.374. The number of nitrogens with two attached hydrogens (primary N) is 1. The summed E-state index contributed by atoms with van der Waals surface area (Å²) in [6.45, 7) is 4.24. The Balaban J connectivity index is 1.69. The highest BCUT2D eigenvalue weighted by Gasteiger charge is 2.18. The molecule has 0 radical (unpaired) electrons. The topological polar surface area (TPSA) is 74.3 Å². The van der Waals surface area contributed by atoms with Crippen LogP contribution in [-0.4, -0.2) is 22.9 Å². The van der Waals surface area contributed by atoms with Gasteiger partial charge in [0.25, 0.3) is 0 Å². The molecule has 3 rings (SSSR count). The molecule has 0 spiro atoms. The lowest BCUT2D eigenvalue weighted by atomic mass is 10.1. The lowest BCUT2D eigenvalue weighted by Gasteiger charge is -2.09. The number of thiophene rings is 1. The summed E-state index contributed by atoms with van der Waals surface area (Å²) in [5.74, 6) is -0.852. The first-order valence-corrected chi connectivity index (χ1v) is 9.57. The molecule has 140 valence electrons. The minimum Gasteiger partial charge on any atom is -0.454 e. The number of ether oxygens (including phenoxy) is 1. The van der Waals surface area contributed by atoms with Crippen molar-refractivity contribution in [2.75, 3.05) is 12.3 Å². The minimum atomic E-state index is -0.612. The summed E-state index contributed by atoms with van der Waals surface area (Å²) in [6.07, 6.45) is 0. The second-order valence-corrected chi connectivity index (χ2v) is 7.63. The van der Waals surface area contributed by atoms with Crippen LogP contribution in [-0.2, 0) is 11.3 Å². The van der Waals surface area contributed by atoms with Crippen molar-refractivity contribution in [2.45, 2.75) is 20.4 Å². The molecule has 0 bridgehead atoms. The predicted octanol–water partition coefficient (Wildman–Crippen LogP) is 4.49. The fourth-order valence-electron chi connectivity index (χ4n) is 2.85. The van der Waals surface area contributed by atoms with Gasteiger partial charge in [-0.15, -0.1) is 11.3 Å². The molecular formula is C20H19ClN2O3S.